The van der Waals surface area contributed by atoms with E-state index in [4.69, 9.17) is 32.7 Å². The zero-order valence-electron chi connectivity index (χ0n) is 12.2. The summed E-state index contributed by atoms with van der Waals surface area (Å²) in [6.45, 7) is 2.61. The first-order valence-electron chi connectivity index (χ1n) is 6.45. The van der Waals surface area contributed by atoms with Crippen LogP contribution in [0.4, 0.5) is 5.69 Å². The monoisotopic (exact) mass is 325 g/mol. The molecule has 0 spiro atoms. The van der Waals surface area contributed by atoms with Gasteiger partial charge in [0.1, 0.15) is 0 Å². The Balaban J connectivity index is 2.20. The molecule has 0 fully saturated rings. The van der Waals surface area contributed by atoms with Crippen molar-refractivity contribution in [1.82, 2.24) is 0 Å². The maximum Gasteiger partial charge on any atom is 0.179 e. The summed E-state index contributed by atoms with van der Waals surface area (Å²) in [4.78, 5) is 0. The van der Waals surface area contributed by atoms with Crippen LogP contribution in [0.15, 0.2) is 30.3 Å². The fourth-order valence-corrected chi connectivity index (χ4v) is 2.54. The van der Waals surface area contributed by atoms with Gasteiger partial charge in [-0.25, -0.2) is 0 Å². The van der Waals surface area contributed by atoms with Crippen LogP contribution in [0, 0.1) is 6.92 Å². The van der Waals surface area contributed by atoms with Crippen LogP contribution in [0.25, 0.3) is 0 Å². The molecule has 2 rings (SSSR count). The number of ether oxygens (including phenoxy) is 2. The van der Waals surface area contributed by atoms with Crippen LogP contribution in [-0.4, -0.2) is 14.2 Å². The van der Waals surface area contributed by atoms with Gasteiger partial charge in [-0.05, 0) is 42.3 Å². The number of benzene rings is 2. The Morgan fingerprint density at radius 1 is 1.00 bits per heavy atom. The minimum absolute atomic E-state index is 0.518. The zero-order chi connectivity index (χ0) is 15.4. The molecule has 1 N–H and O–H groups in total. The van der Waals surface area contributed by atoms with Gasteiger partial charge in [0.05, 0.1) is 30.0 Å². The summed E-state index contributed by atoms with van der Waals surface area (Å²) in [5.74, 6) is 1.15. The number of anilines is 1. The molecule has 0 saturated heterocycles. The number of hydrogen-bond donors (Lipinski definition) is 1. The lowest BCUT2D eigenvalue weighted by atomic mass is 10.1. The van der Waals surface area contributed by atoms with Crippen molar-refractivity contribution in [2.45, 2.75) is 13.5 Å². The normalized spacial score (nSPS) is 10.3. The van der Waals surface area contributed by atoms with Crippen LogP contribution in [0.3, 0.4) is 0 Å². The number of rotatable bonds is 5. The third-order valence-electron chi connectivity index (χ3n) is 3.10. The first-order valence-corrected chi connectivity index (χ1v) is 7.21. The van der Waals surface area contributed by atoms with Gasteiger partial charge in [0.15, 0.2) is 11.5 Å². The summed E-state index contributed by atoms with van der Waals surface area (Å²) >= 11 is 12.4. The van der Waals surface area contributed by atoms with Crippen LogP contribution in [0.2, 0.25) is 10.0 Å². The van der Waals surface area contributed by atoms with E-state index in [2.05, 4.69) is 5.32 Å². The summed E-state index contributed by atoms with van der Waals surface area (Å²) in [7, 11) is 3.15. The van der Waals surface area contributed by atoms with Gasteiger partial charge < -0.3 is 14.8 Å². The van der Waals surface area contributed by atoms with Crippen molar-refractivity contribution in [3.8, 4) is 11.5 Å². The molecule has 0 atom stereocenters. The van der Waals surface area contributed by atoms with Gasteiger partial charge in [0.25, 0.3) is 0 Å². The topological polar surface area (TPSA) is 30.5 Å². The Kier molecular flexibility index (Phi) is 5.21. The van der Waals surface area contributed by atoms with E-state index in [0.717, 1.165) is 16.8 Å². The molecular formula is C16H17Cl2NO2. The molecule has 0 aliphatic rings. The lowest BCUT2D eigenvalue weighted by Crippen LogP contribution is -2.02. The summed E-state index contributed by atoms with van der Waals surface area (Å²) in [6, 6.07) is 9.59. The molecule has 0 heterocycles. The zero-order valence-corrected chi connectivity index (χ0v) is 13.7. The molecule has 0 bridgehead atoms. The fourth-order valence-electron chi connectivity index (χ4n) is 2.05. The molecule has 2 aromatic rings. The highest BCUT2D eigenvalue weighted by atomic mass is 35.5. The first-order chi connectivity index (χ1) is 10.0. The van der Waals surface area contributed by atoms with Gasteiger partial charge >= 0.3 is 0 Å². The number of nitrogens with one attached hydrogen (secondary N) is 1. The van der Waals surface area contributed by atoms with Crippen molar-refractivity contribution in [1.29, 1.82) is 0 Å². The molecule has 5 heteroatoms. The summed E-state index contributed by atoms with van der Waals surface area (Å²) in [5, 5.41) is 4.50. The molecule has 0 unspecified atom stereocenters. The van der Waals surface area contributed by atoms with E-state index < -0.39 is 0 Å². The van der Waals surface area contributed by atoms with Gasteiger partial charge in [-0.1, -0.05) is 29.3 Å². The molecule has 0 saturated carbocycles. The maximum atomic E-state index is 6.19. The Morgan fingerprint density at radius 3 is 2.43 bits per heavy atom. The van der Waals surface area contributed by atoms with Crippen molar-refractivity contribution in [2.24, 2.45) is 0 Å². The third-order valence-corrected chi connectivity index (χ3v) is 3.71. The average molecular weight is 326 g/mol. The molecule has 0 amide bonds. The standard InChI is InChI=1S/C16H17Cl2NO2/c1-10-4-5-12(17)14(6-10)19-9-11-7-13(18)16(21-3)15(8-11)20-2/h4-8,19H,9H2,1-3H3. The molecule has 2 aromatic carbocycles. The fraction of sp³-hybridized carbons (Fsp3) is 0.250. The van der Waals surface area contributed by atoms with Gasteiger partial charge in [0, 0.05) is 6.54 Å². The Hall–Kier alpha value is -1.58. The second-order valence-electron chi connectivity index (χ2n) is 4.65. The lowest BCUT2D eigenvalue weighted by molar-refractivity contribution is 0.355. The van der Waals surface area contributed by atoms with Gasteiger partial charge in [-0.15, -0.1) is 0 Å². The van der Waals surface area contributed by atoms with E-state index in [1.165, 1.54) is 0 Å². The SMILES string of the molecule is COc1cc(CNc2cc(C)ccc2Cl)cc(Cl)c1OC. The minimum Gasteiger partial charge on any atom is -0.493 e. The molecule has 0 aliphatic heterocycles. The van der Waals surface area contributed by atoms with Crippen molar-refractivity contribution in [3.63, 3.8) is 0 Å². The number of aryl methyl sites for hydroxylation is 1. The molecule has 112 valence electrons. The van der Waals surface area contributed by atoms with E-state index in [-0.39, 0.29) is 0 Å². The lowest BCUT2D eigenvalue weighted by Gasteiger charge is -2.13. The van der Waals surface area contributed by atoms with E-state index in [9.17, 15) is 0 Å². The third kappa shape index (κ3) is 3.74. The highest BCUT2D eigenvalue weighted by molar-refractivity contribution is 6.33. The van der Waals surface area contributed by atoms with Crippen LogP contribution < -0.4 is 14.8 Å². The summed E-state index contributed by atoms with van der Waals surface area (Å²) in [5.41, 5.74) is 3.02. The molecular weight excluding hydrogens is 309 g/mol. The quantitative estimate of drug-likeness (QED) is 0.845. The predicted octanol–water partition coefficient (Wildman–Crippen LogP) is 4.93. The van der Waals surface area contributed by atoms with Gasteiger partial charge in [0.2, 0.25) is 0 Å². The van der Waals surface area contributed by atoms with E-state index >= 15 is 0 Å². The van der Waals surface area contributed by atoms with Crippen LogP contribution in [0.1, 0.15) is 11.1 Å². The number of methoxy groups -OCH3 is 2. The van der Waals surface area contributed by atoms with Crippen molar-refractivity contribution in [3.05, 3.63) is 51.5 Å². The van der Waals surface area contributed by atoms with Crippen molar-refractivity contribution in [2.75, 3.05) is 19.5 Å². The second-order valence-corrected chi connectivity index (χ2v) is 5.46. The molecule has 0 aliphatic carbocycles. The molecule has 3 nitrogen and oxygen atoms in total. The Morgan fingerprint density at radius 2 is 1.76 bits per heavy atom. The van der Waals surface area contributed by atoms with E-state index in [0.29, 0.717) is 28.1 Å². The van der Waals surface area contributed by atoms with Crippen LogP contribution in [0.5, 0.6) is 11.5 Å². The summed E-state index contributed by atoms with van der Waals surface area (Å²) < 4.78 is 10.5. The van der Waals surface area contributed by atoms with Crippen molar-refractivity contribution < 1.29 is 9.47 Å². The first kappa shape index (κ1) is 15.8. The number of halogens is 2. The average Bonchev–Trinajstić information content (AvgIpc) is 2.47. The van der Waals surface area contributed by atoms with Crippen molar-refractivity contribution >= 4 is 28.9 Å². The minimum atomic E-state index is 0.518. The predicted molar refractivity (Wildman–Crippen MR) is 88.1 cm³/mol. The van der Waals surface area contributed by atoms with Gasteiger partial charge in [-0.3, -0.25) is 0 Å². The molecule has 0 aromatic heterocycles. The van der Waals surface area contributed by atoms with E-state index in [1.54, 1.807) is 14.2 Å². The highest BCUT2D eigenvalue weighted by Crippen LogP contribution is 2.36. The van der Waals surface area contributed by atoms with Crippen LogP contribution in [-0.2, 0) is 6.54 Å². The Labute approximate surface area is 134 Å². The summed E-state index contributed by atoms with van der Waals surface area (Å²) in [6.07, 6.45) is 0. The van der Waals surface area contributed by atoms with Crippen LogP contribution >= 0.6 is 23.2 Å². The maximum absolute atomic E-state index is 6.19. The molecule has 0 radical (unpaired) electrons. The Bertz CT molecular complexity index is 644. The largest absolute Gasteiger partial charge is 0.493 e. The van der Waals surface area contributed by atoms with E-state index in [1.807, 2.05) is 37.3 Å². The smallest absolute Gasteiger partial charge is 0.179 e. The molecule has 21 heavy (non-hydrogen) atoms. The number of hydrogen-bond acceptors (Lipinski definition) is 3. The highest BCUT2D eigenvalue weighted by Gasteiger charge is 2.11. The second kappa shape index (κ2) is 6.92. The van der Waals surface area contributed by atoms with Gasteiger partial charge in [-0.2, -0.15) is 0 Å².